The summed E-state index contributed by atoms with van der Waals surface area (Å²) in [4.78, 5) is 2.56. The van der Waals surface area contributed by atoms with Crippen molar-refractivity contribution in [2.24, 2.45) is 5.92 Å². The molecular formula is C21H34BrNO. The van der Waals surface area contributed by atoms with E-state index in [-0.39, 0.29) is 5.41 Å². The Morgan fingerprint density at radius 2 is 1.88 bits per heavy atom. The van der Waals surface area contributed by atoms with Crippen molar-refractivity contribution in [1.82, 2.24) is 4.90 Å². The summed E-state index contributed by atoms with van der Waals surface area (Å²) in [5.41, 5.74) is 3.09. The zero-order valence-electron chi connectivity index (χ0n) is 16.2. The van der Waals surface area contributed by atoms with Gasteiger partial charge in [-0.05, 0) is 55.2 Å². The van der Waals surface area contributed by atoms with Gasteiger partial charge in [-0.15, -0.1) is 0 Å². The normalized spacial score (nSPS) is 24.1. The summed E-state index contributed by atoms with van der Waals surface area (Å²) in [6, 6.07) is 6.96. The van der Waals surface area contributed by atoms with Crippen molar-refractivity contribution < 1.29 is 4.74 Å². The van der Waals surface area contributed by atoms with Crippen molar-refractivity contribution in [2.45, 2.75) is 72.0 Å². The molecule has 3 atom stereocenters. The van der Waals surface area contributed by atoms with Crippen LogP contribution in [0.3, 0.4) is 0 Å². The third-order valence-electron chi connectivity index (χ3n) is 5.35. The minimum absolute atomic E-state index is 0.243. The van der Waals surface area contributed by atoms with E-state index in [1.807, 2.05) is 0 Å². The van der Waals surface area contributed by atoms with Crippen molar-refractivity contribution in [2.75, 3.05) is 19.6 Å². The Balaban J connectivity index is 1.97. The van der Waals surface area contributed by atoms with Crippen molar-refractivity contribution in [3.05, 3.63) is 33.8 Å². The summed E-state index contributed by atoms with van der Waals surface area (Å²) in [6.45, 7) is 16.9. The minimum atomic E-state index is 0.243. The van der Waals surface area contributed by atoms with Crippen molar-refractivity contribution in [1.29, 1.82) is 0 Å². The molecule has 3 heteroatoms. The van der Waals surface area contributed by atoms with E-state index >= 15 is 0 Å². The summed E-state index contributed by atoms with van der Waals surface area (Å²) >= 11 is 3.81. The number of ether oxygens (including phenoxy) is 1. The van der Waals surface area contributed by atoms with Crippen LogP contribution in [0.5, 0.6) is 0 Å². The first-order valence-electron chi connectivity index (χ1n) is 9.38. The van der Waals surface area contributed by atoms with Gasteiger partial charge in [0.1, 0.15) is 0 Å². The molecule has 24 heavy (non-hydrogen) atoms. The lowest BCUT2D eigenvalue weighted by Crippen LogP contribution is -2.47. The molecule has 1 aromatic rings. The van der Waals surface area contributed by atoms with Gasteiger partial charge >= 0.3 is 0 Å². The lowest BCUT2D eigenvalue weighted by atomic mass is 9.82. The number of rotatable bonds is 6. The third-order valence-corrected chi connectivity index (χ3v) is 6.09. The average Bonchev–Trinajstić information content (AvgIpc) is 2.48. The predicted molar refractivity (Wildman–Crippen MR) is 107 cm³/mol. The van der Waals surface area contributed by atoms with Gasteiger partial charge in [0.25, 0.3) is 0 Å². The SMILES string of the molecule is CCC(C)(C)c1ccc(CC(C)CN2C[C@@H](C)O[C@@H](C)C2)c(Br)c1. The summed E-state index contributed by atoms with van der Waals surface area (Å²) in [5.74, 6) is 0.642. The fraction of sp³-hybridized carbons (Fsp3) is 0.714. The number of hydrogen-bond acceptors (Lipinski definition) is 2. The van der Waals surface area contributed by atoms with Gasteiger partial charge in [-0.1, -0.05) is 55.8 Å². The molecule has 0 amide bonds. The van der Waals surface area contributed by atoms with Crippen molar-refractivity contribution >= 4 is 15.9 Å². The summed E-state index contributed by atoms with van der Waals surface area (Å²) in [6.07, 6.45) is 2.97. The van der Waals surface area contributed by atoms with Crippen LogP contribution >= 0.6 is 15.9 Å². The second-order valence-electron chi connectivity index (χ2n) is 8.33. The molecule has 0 spiro atoms. The highest BCUT2D eigenvalue weighted by Crippen LogP contribution is 2.31. The number of nitrogens with zero attached hydrogens (tertiary/aromatic N) is 1. The van der Waals surface area contributed by atoms with Gasteiger partial charge in [-0.2, -0.15) is 0 Å². The number of hydrogen-bond donors (Lipinski definition) is 0. The Morgan fingerprint density at radius 3 is 2.42 bits per heavy atom. The molecule has 1 aromatic carbocycles. The highest BCUT2D eigenvalue weighted by molar-refractivity contribution is 9.10. The van der Waals surface area contributed by atoms with E-state index in [2.05, 4.69) is 80.6 Å². The molecule has 1 fully saturated rings. The molecular weight excluding hydrogens is 362 g/mol. The van der Waals surface area contributed by atoms with Gasteiger partial charge in [0.05, 0.1) is 12.2 Å². The second-order valence-corrected chi connectivity index (χ2v) is 9.18. The zero-order valence-corrected chi connectivity index (χ0v) is 17.8. The van der Waals surface area contributed by atoms with Gasteiger partial charge in [0, 0.05) is 24.1 Å². The van der Waals surface area contributed by atoms with E-state index in [4.69, 9.17) is 4.74 Å². The van der Waals surface area contributed by atoms with Crippen LogP contribution in [0.15, 0.2) is 22.7 Å². The Bertz CT molecular complexity index is 533. The number of halogens is 1. The second kappa shape index (κ2) is 8.33. The first-order valence-corrected chi connectivity index (χ1v) is 10.2. The predicted octanol–water partition coefficient (Wildman–Crippen LogP) is 5.42. The first-order chi connectivity index (χ1) is 11.2. The monoisotopic (exact) mass is 395 g/mol. The van der Waals surface area contributed by atoms with Crippen molar-refractivity contribution in [3.8, 4) is 0 Å². The van der Waals surface area contributed by atoms with E-state index in [0.717, 1.165) is 32.5 Å². The van der Waals surface area contributed by atoms with Crippen LogP contribution in [0.2, 0.25) is 0 Å². The Kier molecular flexibility index (Phi) is 6.92. The minimum Gasteiger partial charge on any atom is -0.373 e. The maximum absolute atomic E-state index is 5.84. The maximum Gasteiger partial charge on any atom is 0.0678 e. The molecule has 2 rings (SSSR count). The van der Waals surface area contributed by atoms with Crippen molar-refractivity contribution in [3.63, 3.8) is 0 Å². The topological polar surface area (TPSA) is 12.5 Å². The summed E-state index contributed by atoms with van der Waals surface area (Å²) in [7, 11) is 0. The third kappa shape index (κ3) is 5.31. The molecule has 1 heterocycles. The van der Waals surface area contributed by atoms with Crippen LogP contribution in [0.4, 0.5) is 0 Å². The summed E-state index contributed by atoms with van der Waals surface area (Å²) in [5, 5.41) is 0. The molecule has 2 nitrogen and oxygen atoms in total. The molecule has 136 valence electrons. The van der Waals surface area contributed by atoms with Crippen LogP contribution < -0.4 is 0 Å². The highest BCUT2D eigenvalue weighted by atomic mass is 79.9. The van der Waals surface area contributed by atoms with Gasteiger partial charge in [0.2, 0.25) is 0 Å². The lowest BCUT2D eigenvalue weighted by molar-refractivity contribution is -0.0709. The zero-order chi connectivity index (χ0) is 17.9. The molecule has 1 aliphatic heterocycles. The van der Waals surface area contributed by atoms with E-state index in [0.29, 0.717) is 18.1 Å². The maximum atomic E-state index is 5.84. The van der Waals surface area contributed by atoms with E-state index < -0.39 is 0 Å². The van der Waals surface area contributed by atoms with Crippen LogP contribution in [-0.2, 0) is 16.6 Å². The Hall–Kier alpha value is -0.380. The van der Waals surface area contributed by atoms with Gasteiger partial charge in [-0.25, -0.2) is 0 Å². The van der Waals surface area contributed by atoms with Crippen LogP contribution in [0.25, 0.3) is 0 Å². The largest absolute Gasteiger partial charge is 0.373 e. The Morgan fingerprint density at radius 1 is 1.25 bits per heavy atom. The molecule has 0 radical (unpaired) electrons. The molecule has 0 saturated carbocycles. The molecule has 1 aliphatic rings. The average molecular weight is 396 g/mol. The Labute approximate surface area is 157 Å². The van der Waals surface area contributed by atoms with E-state index in [1.54, 1.807) is 0 Å². The number of benzene rings is 1. The lowest BCUT2D eigenvalue weighted by Gasteiger charge is -2.36. The van der Waals surface area contributed by atoms with Crippen LogP contribution in [0.1, 0.15) is 59.1 Å². The molecule has 0 N–H and O–H groups in total. The van der Waals surface area contributed by atoms with E-state index in [9.17, 15) is 0 Å². The molecule has 1 saturated heterocycles. The smallest absolute Gasteiger partial charge is 0.0678 e. The van der Waals surface area contributed by atoms with Gasteiger partial charge in [-0.3, -0.25) is 4.90 Å². The highest BCUT2D eigenvalue weighted by Gasteiger charge is 2.24. The first kappa shape index (κ1) is 19.9. The quantitative estimate of drug-likeness (QED) is 0.636. The summed E-state index contributed by atoms with van der Waals surface area (Å²) < 4.78 is 7.10. The standard InChI is InChI=1S/C21H34BrNO/c1-7-21(5,6)19-9-8-18(20(22)11-19)10-15(2)12-23-13-16(3)24-17(4)14-23/h8-9,11,15-17H,7,10,12-14H2,1-6H3/t15?,16-,17+. The molecule has 0 aliphatic carbocycles. The molecule has 0 aromatic heterocycles. The van der Waals surface area contributed by atoms with Gasteiger partial charge < -0.3 is 4.74 Å². The molecule has 0 bridgehead atoms. The molecule has 1 unspecified atom stereocenters. The van der Waals surface area contributed by atoms with Crippen LogP contribution in [0, 0.1) is 5.92 Å². The van der Waals surface area contributed by atoms with Gasteiger partial charge in [0.15, 0.2) is 0 Å². The fourth-order valence-corrected chi connectivity index (χ4v) is 4.19. The van der Waals surface area contributed by atoms with Crippen LogP contribution in [-0.4, -0.2) is 36.7 Å². The number of morpholine rings is 1. The fourth-order valence-electron chi connectivity index (χ4n) is 3.65. The van der Waals surface area contributed by atoms with E-state index in [1.165, 1.54) is 15.6 Å².